The van der Waals surface area contributed by atoms with Crippen molar-refractivity contribution in [1.29, 1.82) is 0 Å². The van der Waals surface area contributed by atoms with Gasteiger partial charge in [0.15, 0.2) is 5.82 Å². The zero-order chi connectivity index (χ0) is 23.1. The number of ether oxygens (including phenoxy) is 1. The maximum absolute atomic E-state index is 12.6. The Labute approximate surface area is 193 Å². The lowest BCUT2D eigenvalue weighted by Crippen LogP contribution is -2.34. The maximum atomic E-state index is 12.6. The van der Waals surface area contributed by atoms with Crippen LogP contribution in [-0.2, 0) is 16.0 Å². The summed E-state index contributed by atoms with van der Waals surface area (Å²) in [5.74, 6) is -2.69. The zero-order valence-corrected chi connectivity index (χ0v) is 18.3. The van der Waals surface area contributed by atoms with Gasteiger partial charge in [-0.05, 0) is 48.9 Å². The van der Waals surface area contributed by atoms with Crippen molar-refractivity contribution < 1.29 is 23.6 Å². The van der Waals surface area contributed by atoms with E-state index >= 15 is 0 Å². The molecule has 0 fully saturated rings. The lowest BCUT2D eigenvalue weighted by Gasteiger charge is -2.16. The summed E-state index contributed by atoms with van der Waals surface area (Å²) in [5.41, 5.74) is 1.33. The molecule has 3 aromatic rings. The fourth-order valence-electron chi connectivity index (χ4n) is 2.67. The molecule has 0 aliphatic rings. The second-order valence-corrected chi connectivity index (χ2v) is 7.37. The van der Waals surface area contributed by atoms with Gasteiger partial charge in [-0.1, -0.05) is 40.5 Å². The maximum Gasteiger partial charge on any atom is 0.384 e. The van der Waals surface area contributed by atoms with E-state index in [2.05, 4.69) is 25.5 Å². The Morgan fingerprint density at radius 3 is 2.28 bits per heavy atom. The summed E-state index contributed by atoms with van der Waals surface area (Å²) >= 11 is 11.8. The van der Waals surface area contributed by atoms with Crippen molar-refractivity contribution in [2.45, 2.75) is 19.4 Å². The molecule has 0 unspecified atom stereocenters. The third-order valence-corrected chi connectivity index (χ3v) is 4.67. The van der Waals surface area contributed by atoms with Gasteiger partial charge in [0, 0.05) is 22.2 Å². The SMILES string of the molecule is CCOC(=O)C(=O)c1nc([C@H](Cc2ccc(Cl)cc2)NC(=O)Nc2ccc(Cl)cc2)no1. The van der Waals surface area contributed by atoms with Crippen molar-refractivity contribution in [2.24, 2.45) is 0 Å². The Balaban J connectivity index is 1.79. The molecule has 1 atom stereocenters. The number of benzene rings is 2. The number of nitrogens with zero attached hydrogens (tertiary/aromatic N) is 2. The molecule has 0 radical (unpaired) electrons. The summed E-state index contributed by atoms with van der Waals surface area (Å²) in [5, 5.41) is 10.3. The highest BCUT2D eigenvalue weighted by Gasteiger charge is 2.28. The van der Waals surface area contributed by atoms with E-state index in [0.717, 1.165) is 5.56 Å². The highest BCUT2D eigenvalue weighted by molar-refractivity contribution is 6.39. The van der Waals surface area contributed by atoms with E-state index in [0.29, 0.717) is 15.7 Å². The standard InChI is InChI=1S/C21H18Cl2N4O5/c1-2-31-20(29)17(28)19-26-18(27-32-19)16(11-12-3-5-13(22)6-4-12)25-21(30)24-15-9-7-14(23)8-10-15/h3-10,16H,2,11H2,1H3,(H2,24,25,30)/t16-/m0/s1. The Hall–Kier alpha value is -3.43. The third kappa shape index (κ3) is 6.29. The van der Waals surface area contributed by atoms with Gasteiger partial charge in [-0.2, -0.15) is 4.98 Å². The minimum absolute atomic E-state index is 0.0128. The molecule has 0 bridgehead atoms. The molecule has 11 heteroatoms. The largest absolute Gasteiger partial charge is 0.460 e. The number of esters is 1. The molecule has 0 saturated heterocycles. The van der Waals surface area contributed by atoms with Crippen LogP contribution in [0.2, 0.25) is 10.0 Å². The van der Waals surface area contributed by atoms with Crippen LogP contribution < -0.4 is 10.6 Å². The number of hydrogen-bond acceptors (Lipinski definition) is 7. The van der Waals surface area contributed by atoms with Crippen LogP contribution in [0.3, 0.4) is 0 Å². The van der Waals surface area contributed by atoms with Gasteiger partial charge in [-0.25, -0.2) is 9.59 Å². The number of Topliss-reactive ketones (excluding diaryl/α,β-unsaturated/α-hetero) is 1. The second kappa shape index (κ2) is 10.7. The van der Waals surface area contributed by atoms with Gasteiger partial charge in [-0.15, -0.1) is 0 Å². The molecule has 0 saturated carbocycles. The summed E-state index contributed by atoms with van der Waals surface area (Å²) in [4.78, 5) is 40.3. The molecule has 166 valence electrons. The van der Waals surface area contributed by atoms with Crippen LogP contribution in [0.5, 0.6) is 0 Å². The Bertz CT molecular complexity index is 1100. The first-order chi connectivity index (χ1) is 15.4. The highest BCUT2D eigenvalue weighted by Crippen LogP contribution is 2.19. The van der Waals surface area contributed by atoms with Gasteiger partial charge in [-0.3, -0.25) is 4.79 Å². The van der Waals surface area contributed by atoms with Crippen LogP contribution in [0.4, 0.5) is 10.5 Å². The predicted octanol–water partition coefficient (Wildman–Crippen LogP) is 4.23. The van der Waals surface area contributed by atoms with E-state index in [4.69, 9.17) is 27.7 Å². The molecule has 0 aliphatic carbocycles. The van der Waals surface area contributed by atoms with Crippen LogP contribution in [-0.4, -0.2) is 34.5 Å². The normalized spacial score (nSPS) is 11.5. The summed E-state index contributed by atoms with van der Waals surface area (Å²) < 4.78 is 9.58. The molecule has 3 rings (SSSR count). The number of anilines is 1. The molecule has 0 spiro atoms. The van der Waals surface area contributed by atoms with Crippen LogP contribution >= 0.6 is 23.2 Å². The summed E-state index contributed by atoms with van der Waals surface area (Å²) in [6, 6.07) is 12.2. The summed E-state index contributed by atoms with van der Waals surface area (Å²) in [7, 11) is 0. The lowest BCUT2D eigenvalue weighted by atomic mass is 10.1. The average molecular weight is 477 g/mol. The van der Waals surface area contributed by atoms with Crippen molar-refractivity contribution in [2.75, 3.05) is 11.9 Å². The van der Waals surface area contributed by atoms with E-state index in [1.165, 1.54) is 0 Å². The Morgan fingerprint density at radius 1 is 1.03 bits per heavy atom. The minimum Gasteiger partial charge on any atom is -0.460 e. The molecular weight excluding hydrogens is 459 g/mol. The van der Waals surface area contributed by atoms with Gasteiger partial charge >= 0.3 is 23.7 Å². The van der Waals surface area contributed by atoms with Gasteiger partial charge in [0.25, 0.3) is 0 Å². The number of carbonyl (C=O) groups is 3. The molecule has 32 heavy (non-hydrogen) atoms. The number of urea groups is 1. The molecule has 1 heterocycles. The fraction of sp³-hybridized carbons (Fsp3) is 0.190. The first-order valence-corrected chi connectivity index (χ1v) is 10.2. The van der Waals surface area contributed by atoms with Crippen LogP contribution in [0, 0.1) is 0 Å². The highest BCUT2D eigenvalue weighted by atomic mass is 35.5. The second-order valence-electron chi connectivity index (χ2n) is 6.50. The lowest BCUT2D eigenvalue weighted by molar-refractivity contribution is -0.137. The van der Waals surface area contributed by atoms with Crippen molar-refractivity contribution >= 4 is 46.7 Å². The van der Waals surface area contributed by atoms with Crippen LogP contribution in [0.1, 0.15) is 35.0 Å². The molecule has 2 aromatic carbocycles. The smallest absolute Gasteiger partial charge is 0.384 e. The minimum atomic E-state index is -1.11. The van der Waals surface area contributed by atoms with Crippen molar-refractivity contribution in [3.8, 4) is 0 Å². The van der Waals surface area contributed by atoms with Crippen molar-refractivity contribution in [3.05, 3.63) is 75.9 Å². The van der Waals surface area contributed by atoms with Crippen molar-refractivity contribution in [3.63, 3.8) is 0 Å². The van der Waals surface area contributed by atoms with E-state index in [1.54, 1.807) is 55.5 Å². The Kier molecular flexibility index (Phi) is 7.80. The summed E-state index contributed by atoms with van der Waals surface area (Å²) in [6.45, 7) is 1.59. The molecule has 1 aromatic heterocycles. The number of halogens is 2. The van der Waals surface area contributed by atoms with Crippen LogP contribution in [0.15, 0.2) is 53.1 Å². The number of nitrogens with one attached hydrogen (secondary N) is 2. The number of ketones is 1. The quantitative estimate of drug-likeness (QED) is 0.283. The summed E-state index contributed by atoms with van der Waals surface area (Å²) in [6.07, 6.45) is 0.262. The number of amides is 2. The van der Waals surface area contributed by atoms with Gasteiger partial charge < -0.3 is 19.9 Å². The Morgan fingerprint density at radius 2 is 1.66 bits per heavy atom. The van der Waals surface area contributed by atoms with E-state index < -0.39 is 29.7 Å². The van der Waals surface area contributed by atoms with E-state index in [9.17, 15) is 14.4 Å². The van der Waals surface area contributed by atoms with Crippen molar-refractivity contribution in [1.82, 2.24) is 15.5 Å². The zero-order valence-electron chi connectivity index (χ0n) is 16.8. The van der Waals surface area contributed by atoms with E-state index in [-0.39, 0.29) is 18.9 Å². The van der Waals surface area contributed by atoms with Gasteiger partial charge in [0.2, 0.25) is 0 Å². The predicted molar refractivity (Wildman–Crippen MR) is 117 cm³/mol. The van der Waals surface area contributed by atoms with E-state index in [1.807, 2.05) is 0 Å². The topological polar surface area (TPSA) is 123 Å². The number of aromatic nitrogens is 2. The molecule has 2 N–H and O–H groups in total. The first kappa shape index (κ1) is 23.2. The number of carbonyl (C=O) groups excluding carboxylic acids is 3. The number of rotatable bonds is 8. The monoisotopic (exact) mass is 476 g/mol. The third-order valence-electron chi connectivity index (χ3n) is 4.17. The number of hydrogen-bond donors (Lipinski definition) is 2. The fourth-order valence-corrected chi connectivity index (χ4v) is 2.93. The molecule has 2 amide bonds. The average Bonchev–Trinajstić information content (AvgIpc) is 3.26. The van der Waals surface area contributed by atoms with Crippen LogP contribution in [0.25, 0.3) is 0 Å². The first-order valence-electron chi connectivity index (χ1n) is 9.48. The van der Waals surface area contributed by atoms with Gasteiger partial charge in [0.05, 0.1) is 12.6 Å². The molecule has 9 nitrogen and oxygen atoms in total. The molecular formula is C21H18Cl2N4O5. The molecule has 0 aliphatic heterocycles. The van der Waals surface area contributed by atoms with Gasteiger partial charge in [0.1, 0.15) is 0 Å².